The molecule has 0 N–H and O–H groups in total. The van der Waals surface area contributed by atoms with Crippen LogP contribution in [-0.4, -0.2) is 48.5 Å². The Morgan fingerprint density at radius 2 is 1.57 bits per heavy atom. The van der Waals surface area contributed by atoms with Gasteiger partial charge in [0, 0.05) is 6.42 Å². The predicted octanol–water partition coefficient (Wildman–Crippen LogP) is 6.08. The summed E-state index contributed by atoms with van der Waals surface area (Å²) in [5.74, 6) is -2.98. The number of rotatable bonds is 12. The highest BCUT2D eigenvalue weighted by molar-refractivity contribution is 6.26. The summed E-state index contributed by atoms with van der Waals surface area (Å²) in [7, 11) is 0. The normalized spacial score (nSPS) is 12.7. The molecule has 0 unspecified atom stereocenters. The summed E-state index contributed by atoms with van der Waals surface area (Å²) < 4.78 is 30.0. The van der Waals surface area contributed by atoms with Crippen molar-refractivity contribution in [2.45, 2.75) is 52.7 Å². The van der Waals surface area contributed by atoms with Crippen molar-refractivity contribution in [3.8, 4) is 11.1 Å². The number of benzene rings is 2. The Morgan fingerprint density at radius 3 is 2.16 bits per heavy atom. The highest BCUT2D eigenvalue weighted by atomic mass is 35.5. The minimum atomic E-state index is -0.943. The van der Waals surface area contributed by atoms with E-state index in [1.807, 2.05) is 25.1 Å². The van der Waals surface area contributed by atoms with Gasteiger partial charge in [-0.1, -0.05) is 24.3 Å². The lowest BCUT2D eigenvalue weighted by molar-refractivity contribution is -0.155. The van der Waals surface area contributed by atoms with Crippen molar-refractivity contribution in [1.29, 1.82) is 0 Å². The maximum Gasteiger partial charge on any atom is 0.321 e. The van der Waals surface area contributed by atoms with Gasteiger partial charge < -0.3 is 14.2 Å². The zero-order chi connectivity index (χ0) is 27.5. The summed E-state index contributed by atoms with van der Waals surface area (Å²) in [5, 5.41) is 0. The van der Waals surface area contributed by atoms with Gasteiger partial charge >= 0.3 is 17.9 Å². The number of esters is 3. The summed E-state index contributed by atoms with van der Waals surface area (Å²) in [5.41, 5.74) is 4.53. The number of hydrogen-bond acceptors (Lipinski definition) is 6. The monoisotopic (exact) mass is 552 g/mol. The molecule has 37 heavy (non-hydrogen) atoms. The second-order valence-corrected chi connectivity index (χ2v) is 9.01. The van der Waals surface area contributed by atoms with Gasteiger partial charge in [0.15, 0.2) is 0 Å². The molecule has 0 aliphatic rings. The standard InChI is InChI=1S/C28H31Cl2FO6/c1-5-35-25(32)14-22(37-27(34)16-30)13-21(36-26(33)15-29)9-10-23-17(2)7-6-8-24(23)20-11-18(3)28(31)19(4)12-20/h6-12,21-22H,5,13-16H2,1-4H3/b10-9+/t21-,22-/m1/s1. The number of halogens is 3. The van der Waals surface area contributed by atoms with E-state index in [1.54, 1.807) is 45.1 Å². The maximum absolute atomic E-state index is 14.2. The average Bonchev–Trinajstić information content (AvgIpc) is 2.85. The Bertz CT molecular complexity index is 1120. The lowest BCUT2D eigenvalue weighted by Crippen LogP contribution is -2.29. The first-order valence-electron chi connectivity index (χ1n) is 11.8. The molecule has 0 aliphatic carbocycles. The second kappa shape index (κ2) is 14.7. The molecule has 0 bridgehead atoms. The SMILES string of the molecule is CCOC(=O)C[C@@H](C[C@@H](/C=C/c1c(C)cccc1-c1cc(C)c(F)c(C)c1)OC(=O)CCl)OC(=O)CCl. The fourth-order valence-electron chi connectivity index (χ4n) is 3.88. The van der Waals surface area contributed by atoms with Crippen molar-refractivity contribution in [1.82, 2.24) is 0 Å². The molecule has 2 aromatic carbocycles. The topological polar surface area (TPSA) is 78.9 Å². The zero-order valence-corrected chi connectivity index (χ0v) is 22.8. The van der Waals surface area contributed by atoms with Crippen LogP contribution in [0.5, 0.6) is 0 Å². The predicted molar refractivity (Wildman–Crippen MR) is 142 cm³/mol. The van der Waals surface area contributed by atoms with Gasteiger partial charge in [0.25, 0.3) is 0 Å². The number of carbonyl (C=O) groups is 3. The van der Waals surface area contributed by atoms with E-state index < -0.39 is 36.0 Å². The minimum absolute atomic E-state index is 0.0173. The van der Waals surface area contributed by atoms with Crippen LogP contribution in [0.2, 0.25) is 0 Å². The van der Waals surface area contributed by atoms with Crippen LogP contribution in [0.25, 0.3) is 17.2 Å². The first-order chi connectivity index (χ1) is 17.6. The van der Waals surface area contributed by atoms with E-state index in [4.69, 9.17) is 37.4 Å². The molecule has 200 valence electrons. The van der Waals surface area contributed by atoms with Gasteiger partial charge in [0.05, 0.1) is 13.0 Å². The van der Waals surface area contributed by atoms with Crippen LogP contribution in [0.1, 0.15) is 42.0 Å². The van der Waals surface area contributed by atoms with Gasteiger partial charge in [0.1, 0.15) is 29.8 Å². The third kappa shape index (κ3) is 9.17. The molecule has 0 spiro atoms. The van der Waals surface area contributed by atoms with Crippen molar-refractivity contribution in [3.05, 3.63) is 64.5 Å². The molecule has 9 heteroatoms. The molecule has 0 radical (unpaired) electrons. The van der Waals surface area contributed by atoms with Crippen LogP contribution < -0.4 is 0 Å². The van der Waals surface area contributed by atoms with Crippen LogP contribution >= 0.6 is 23.2 Å². The van der Waals surface area contributed by atoms with Crippen molar-refractivity contribution in [2.75, 3.05) is 18.4 Å². The third-order valence-corrected chi connectivity index (χ3v) is 5.98. The summed E-state index contributed by atoms with van der Waals surface area (Å²) in [6.45, 7) is 7.18. The number of alkyl halides is 2. The summed E-state index contributed by atoms with van der Waals surface area (Å²) >= 11 is 11.2. The largest absolute Gasteiger partial charge is 0.466 e. The Hall–Kier alpha value is -2.90. The van der Waals surface area contributed by atoms with Crippen LogP contribution in [0.3, 0.4) is 0 Å². The molecule has 2 rings (SSSR count). The molecular formula is C28H31Cl2FO6. The van der Waals surface area contributed by atoms with E-state index in [9.17, 15) is 18.8 Å². The lowest BCUT2D eigenvalue weighted by Gasteiger charge is -2.21. The van der Waals surface area contributed by atoms with E-state index in [0.717, 1.165) is 22.3 Å². The molecule has 6 nitrogen and oxygen atoms in total. The van der Waals surface area contributed by atoms with Gasteiger partial charge in [-0.3, -0.25) is 14.4 Å². The third-order valence-electron chi connectivity index (χ3n) is 5.54. The lowest BCUT2D eigenvalue weighted by atomic mass is 9.93. The fraction of sp³-hybridized carbons (Fsp3) is 0.393. The van der Waals surface area contributed by atoms with Gasteiger partial charge in [0.2, 0.25) is 0 Å². The molecule has 0 aliphatic heterocycles. The van der Waals surface area contributed by atoms with Crippen LogP contribution in [0.4, 0.5) is 4.39 Å². The van der Waals surface area contributed by atoms with Crippen LogP contribution in [0.15, 0.2) is 36.4 Å². The van der Waals surface area contributed by atoms with E-state index in [1.165, 1.54) is 0 Å². The van der Waals surface area contributed by atoms with E-state index >= 15 is 0 Å². The Morgan fingerprint density at radius 1 is 0.946 bits per heavy atom. The molecule has 0 aromatic heterocycles. The van der Waals surface area contributed by atoms with E-state index in [0.29, 0.717) is 11.1 Å². The number of carbonyl (C=O) groups excluding carboxylic acids is 3. The highest BCUT2D eigenvalue weighted by Gasteiger charge is 2.25. The first kappa shape index (κ1) is 30.3. The molecule has 0 saturated carbocycles. The summed E-state index contributed by atoms with van der Waals surface area (Å²) in [6.07, 6.45) is 1.36. The Labute approximate surface area is 226 Å². The number of hydrogen-bond donors (Lipinski definition) is 0. The Kier molecular flexibility index (Phi) is 12.1. The number of ether oxygens (including phenoxy) is 3. The van der Waals surface area contributed by atoms with Crippen molar-refractivity contribution < 1.29 is 33.0 Å². The molecule has 0 fully saturated rings. The first-order valence-corrected chi connectivity index (χ1v) is 12.9. The molecule has 0 amide bonds. The maximum atomic E-state index is 14.2. The zero-order valence-electron chi connectivity index (χ0n) is 21.3. The average molecular weight is 553 g/mol. The summed E-state index contributed by atoms with van der Waals surface area (Å²) in [6, 6.07) is 9.31. The molecule has 0 heterocycles. The van der Waals surface area contributed by atoms with Crippen molar-refractivity contribution in [3.63, 3.8) is 0 Å². The highest BCUT2D eigenvalue weighted by Crippen LogP contribution is 2.30. The molecular weight excluding hydrogens is 522 g/mol. The van der Waals surface area contributed by atoms with Gasteiger partial charge in [-0.25, -0.2) is 4.39 Å². The minimum Gasteiger partial charge on any atom is -0.466 e. The van der Waals surface area contributed by atoms with Crippen LogP contribution in [-0.2, 0) is 28.6 Å². The second-order valence-electron chi connectivity index (χ2n) is 8.47. The van der Waals surface area contributed by atoms with Crippen molar-refractivity contribution in [2.24, 2.45) is 0 Å². The Balaban J connectivity index is 2.44. The van der Waals surface area contributed by atoms with Crippen molar-refractivity contribution >= 4 is 47.2 Å². The van der Waals surface area contributed by atoms with Gasteiger partial charge in [-0.15, -0.1) is 23.2 Å². The van der Waals surface area contributed by atoms with Gasteiger partial charge in [-0.2, -0.15) is 0 Å². The van der Waals surface area contributed by atoms with Gasteiger partial charge in [-0.05, 0) is 79.3 Å². The molecule has 0 saturated heterocycles. The summed E-state index contributed by atoms with van der Waals surface area (Å²) in [4.78, 5) is 35.9. The molecule has 2 atom stereocenters. The smallest absolute Gasteiger partial charge is 0.321 e. The van der Waals surface area contributed by atoms with E-state index in [-0.39, 0.29) is 31.1 Å². The fourth-order valence-corrected chi connectivity index (χ4v) is 4.01. The van der Waals surface area contributed by atoms with Crippen LogP contribution in [0, 0.1) is 26.6 Å². The van der Waals surface area contributed by atoms with E-state index in [2.05, 4.69) is 0 Å². The molecule has 2 aromatic rings. The number of aryl methyl sites for hydroxylation is 3. The quantitative estimate of drug-likeness (QED) is 0.180.